The van der Waals surface area contributed by atoms with Crippen molar-refractivity contribution in [3.8, 4) is 17.6 Å². The van der Waals surface area contributed by atoms with Crippen molar-refractivity contribution in [3.63, 3.8) is 0 Å². The molecule has 126 valence electrons. The van der Waals surface area contributed by atoms with Gasteiger partial charge in [-0.25, -0.2) is 4.98 Å². The molecule has 3 aromatic rings. The molecule has 0 fully saturated rings. The van der Waals surface area contributed by atoms with E-state index in [0.29, 0.717) is 30.9 Å². The van der Waals surface area contributed by atoms with Crippen LogP contribution in [0.15, 0.2) is 29.2 Å². The summed E-state index contributed by atoms with van der Waals surface area (Å²) in [7, 11) is 0. The van der Waals surface area contributed by atoms with Crippen LogP contribution in [0, 0.1) is 11.3 Å². The van der Waals surface area contributed by atoms with Gasteiger partial charge in [-0.3, -0.25) is 14.3 Å². The van der Waals surface area contributed by atoms with Crippen molar-refractivity contribution < 1.29 is 0 Å². The number of nitriles is 1. The molecule has 0 aromatic carbocycles. The summed E-state index contributed by atoms with van der Waals surface area (Å²) in [6.07, 6.45) is 7.10. The van der Waals surface area contributed by atoms with Gasteiger partial charge in [0.05, 0.1) is 11.5 Å². The molecule has 1 aliphatic rings. The lowest BCUT2D eigenvalue weighted by Gasteiger charge is -2.13. The smallest absolute Gasteiger partial charge is 0.262 e. The highest BCUT2D eigenvalue weighted by Crippen LogP contribution is 2.34. The van der Waals surface area contributed by atoms with E-state index < -0.39 is 0 Å². The third-order valence-corrected chi connectivity index (χ3v) is 5.82. The maximum absolute atomic E-state index is 13.3. The summed E-state index contributed by atoms with van der Waals surface area (Å²) < 4.78 is 1.71. The van der Waals surface area contributed by atoms with E-state index in [1.54, 1.807) is 22.1 Å². The predicted octanol–water partition coefficient (Wildman–Crippen LogP) is 3.70. The molecule has 0 atom stereocenters. The first-order valence-corrected chi connectivity index (χ1v) is 9.44. The normalized spacial score (nSPS) is 13.6. The maximum Gasteiger partial charge on any atom is 0.262 e. The summed E-state index contributed by atoms with van der Waals surface area (Å²) in [6.45, 7) is 0.492. The Hall–Kier alpha value is -2.52. The minimum absolute atomic E-state index is 0.0167. The Kier molecular flexibility index (Phi) is 4.33. The number of nitrogens with zero attached hydrogens (tertiary/aromatic N) is 4. The highest BCUT2D eigenvalue weighted by molar-refractivity contribution is 7.18. The van der Waals surface area contributed by atoms with Crippen molar-refractivity contribution in [2.45, 2.75) is 45.1 Å². The molecular formula is C19H18N4OS. The summed E-state index contributed by atoms with van der Waals surface area (Å²) in [5, 5.41) is 9.62. The topological polar surface area (TPSA) is 71.6 Å². The molecule has 0 spiro atoms. The van der Waals surface area contributed by atoms with Crippen LogP contribution in [0.3, 0.4) is 0 Å². The molecule has 0 aliphatic heterocycles. The van der Waals surface area contributed by atoms with Gasteiger partial charge >= 0.3 is 0 Å². The number of hydrogen-bond acceptors (Lipinski definition) is 5. The average Bonchev–Trinajstić information content (AvgIpc) is 3.03. The van der Waals surface area contributed by atoms with Gasteiger partial charge in [0.25, 0.3) is 5.56 Å². The molecule has 6 heteroatoms. The van der Waals surface area contributed by atoms with Crippen LogP contribution < -0.4 is 5.56 Å². The SMILES string of the molecule is N#CCCCn1c(-c2ccccn2)nc2sc3c(c2c1=O)CCCC3. The van der Waals surface area contributed by atoms with Crippen LogP contribution in [-0.4, -0.2) is 14.5 Å². The van der Waals surface area contributed by atoms with E-state index in [2.05, 4.69) is 11.1 Å². The lowest BCUT2D eigenvalue weighted by atomic mass is 9.97. The number of rotatable bonds is 4. The van der Waals surface area contributed by atoms with E-state index in [-0.39, 0.29) is 5.56 Å². The average molecular weight is 350 g/mol. The number of thiophene rings is 1. The number of aryl methyl sites for hydroxylation is 2. The van der Waals surface area contributed by atoms with Crippen molar-refractivity contribution in [1.29, 1.82) is 5.26 Å². The van der Waals surface area contributed by atoms with Crippen LogP contribution in [-0.2, 0) is 19.4 Å². The quantitative estimate of drug-likeness (QED) is 0.673. The Morgan fingerprint density at radius 2 is 2.16 bits per heavy atom. The first kappa shape index (κ1) is 16.0. The van der Waals surface area contributed by atoms with Crippen LogP contribution in [0.1, 0.15) is 36.1 Å². The fourth-order valence-electron chi connectivity index (χ4n) is 3.45. The molecule has 0 saturated carbocycles. The minimum Gasteiger partial charge on any atom is -0.291 e. The van der Waals surface area contributed by atoms with Crippen molar-refractivity contribution in [1.82, 2.24) is 14.5 Å². The van der Waals surface area contributed by atoms with Crippen molar-refractivity contribution in [2.24, 2.45) is 0 Å². The Morgan fingerprint density at radius 1 is 1.28 bits per heavy atom. The van der Waals surface area contributed by atoms with Crippen LogP contribution in [0.4, 0.5) is 0 Å². The summed E-state index contributed by atoms with van der Waals surface area (Å²) in [5.74, 6) is 0.606. The van der Waals surface area contributed by atoms with Crippen LogP contribution in [0.25, 0.3) is 21.7 Å². The number of unbranched alkanes of at least 4 members (excludes halogenated alkanes) is 1. The van der Waals surface area contributed by atoms with Gasteiger partial charge in [0.1, 0.15) is 10.5 Å². The summed E-state index contributed by atoms with van der Waals surface area (Å²) in [5.41, 5.74) is 1.91. The number of aromatic nitrogens is 3. The standard InChI is InChI=1S/C19H18N4OS/c20-10-4-6-12-23-17(14-8-3-5-11-21-14)22-18-16(19(23)24)13-7-1-2-9-15(13)25-18/h3,5,8,11H,1-2,4,6-7,9,12H2. The minimum atomic E-state index is 0.0167. The number of hydrogen-bond donors (Lipinski definition) is 0. The molecule has 5 nitrogen and oxygen atoms in total. The van der Waals surface area contributed by atoms with Crippen molar-refractivity contribution >= 4 is 21.6 Å². The first-order chi connectivity index (χ1) is 12.3. The molecule has 0 saturated heterocycles. The third-order valence-electron chi connectivity index (χ3n) is 4.64. The molecule has 3 heterocycles. The fraction of sp³-hybridized carbons (Fsp3) is 0.368. The fourth-order valence-corrected chi connectivity index (χ4v) is 4.70. The summed E-state index contributed by atoms with van der Waals surface area (Å²) in [4.78, 5) is 24.6. The van der Waals surface area contributed by atoms with Gasteiger partial charge in [-0.1, -0.05) is 6.07 Å². The molecule has 0 unspecified atom stereocenters. The van der Waals surface area contributed by atoms with Gasteiger partial charge in [0.2, 0.25) is 0 Å². The largest absolute Gasteiger partial charge is 0.291 e. The lowest BCUT2D eigenvalue weighted by molar-refractivity contribution is 0.631. The van der Waals surface area contributed by atoms with Gasteiger partial charge in [-0.15, -0.1) is 11.3 Å². The number of fused-ring (bicyclic) bond motifs is 3. The van der Waals surface area contributed by atoms with Crippen LogP contribution in [0.2, 0.25) is 0 Å². The van der Waals surface area contributed by atoms with E-state index in [9.17, 15) is 4.79 Å². The Morgan fingerprint density at radius 3 is 2.96 bits per heavy atom. The highest BCUT2D eigenvalue weighted by atomic mass is 32.1. The molecule has 0 amide bonds. The molecule has 0 bridgehead atoms. The lowest BCUT2D eigenvalue weighted by Crippen LogP contribution is -2.24. The van der Waals surface area contributed by atoms with E-state index in [1.165, 1.54) is 16.9 Å². The summed E-state index contributed by atoms with van der Waals surface area (Å²) in [6, 6.07) is 7.78. The van der Waals surface area contributed by atoms with E-state index in [4.69, 9.17) is 10.2 Å². The molecule has 0 N–H and O–H groups in total. The number of pyridine rings is 1. The van der Waals surface area contributed by atoms with Crippen molar-refractivity contribution in [3.05, 3.63) is 45.2 Å². The molecule has 25 heavy (non-hydrogen) atoms. The molecule has 4 rings (SSSR count). The second kappa shape index (κ2) is 6.77. The van der Waals surface area contributed by atoms with Gasteiger partial charge in [-0.05, 0) is 49.8 Å². The summed E-state index contributed by atoms with van der Waals surface area (Å²) >= 11 is 1.66. The van der Waals surface area contributed by atoms with E-state index in [1.807, 2.05) is 18.2 Å². The van der Waals surface area contributed by atoms with Crippen LogP contribution >= 0.6 is 11.3 Å². The molecular weight excluding hydrogens is 332 g/mol. The van der Waals surface area contributed by atoms with Crippen molar-refractivity contribution in [2.75, 3.05) is 0 Å². The van der Waals surface area contributed by atoms with Gasteiger partial charge in [0, 0.05) is 24.0 Å². The van der Waals surface area contributed by atoms with E-state index >= 15 is 0 Å². The predicted molar refractivity (Wildman–Crippen MR) is 98.6 cm³/mol. The second-order valence-electron chi connectivity index (χ2n) is 6.26. The maximum atomic E-state index is 13.3. The van der Waals surface area contributed by atoms with Gasteiger partial charge < -0.3 is 0 Å². The van der Waals surface area contributed by atoms with Gasteiger partial charge in [0.15, 0.2) is 5.82 Å². The highest BCUT2D eigenvalue weighted by Gasteiger charge is 2.22. The Balaban J connectivity index is 1.95. The Labute approximate surface area is 149 Å². The zero-order valence-corrected chi connectivity index (χ0v) is 14.7. The van der Waals surface area contributed by atoms with Crippen LogP contribution in [0.5, 0.6) is 0 Å². The molecule has 3 aromatic heterocycles. The molecule has 1 aliphatic carbocycles. The van der Waals surface area contributed by atoms with Gasteiger partial charge in [-0.2, -0.15) is 5.26 Å². The Bertz CT molecular complexity index is 1010. The molecule has 0 radical (unpaired) electrons. The third kappa shape index (κ3) is 2.85. The monoisotopic (exact) mass is 350 g/mol. The zero-order valence-electron chi connectivity index (χ0n) is 13.9. The van der Waals surface area contributed by atoms with E-state index in [0.717, 1.165) is 29.5 Å². The second-order valence-corrected chi connectivity index (χ2v) is 7.34. The zero-order chi connectivity index (χ0) is 17.2. The first-order valence-electron chi connectivity index (χ1n) is 8.63.